The number of aromatic nitrogens is 1. The summed E-state index contributed by atoms with van der Waals surface area (Å²) in [6.45, 7) is 7.14. The first-order valence-corrected chi connectivity index (χ1v) is 12.3. The summed E-state index contributed by atoms with van der Waals surface area (Å²) >= 11 is 1.66. The molecule has 150 valence electrons. The van der Waals surface area contributed by atoms with Crippen LogP contribution in [0.3, 0.4) is 0 Å². The van der Waals surface area contributed by atoms with Gasteiger partial charge in [-0.3, -0.25) is 9.69 Å². The number of nitrogens with zero attached hydrogens (tertiary/aromatic N) is 4. The molecule has 4 heterocycles. The molecule has 0 N–H and O–H groups in total. The van der Waals surface area contributed by atoms with Crippen LogP contribution in [0.5, 0.6) is 0 Å². The van der Waals surface area contributed by atoms with E-state index in [1.54, 1.807) is 22.6 Å². The maximum Gasteiger partial charge on any atom is 0.219 e. The normalized spacial score (nSPS) is 32.3. The van der Waals surface area contributed by atoms with Crippen molar-refractivity contribution in [2.24, 2.45) is 5.41 Å². The number of likely N-dealkylation sites (tertiary alicyclic amines) is 2. The molecule has 0 radical (unpaired) electrons. The highest BCUT2D eigenvalue weighted by Crippen LogP contribution is 2.48. The summed E-state index contributed by atoms with van der Waals surface area (Å²) < 4.78 is 25.9. The molecule has 7 nitrogen and oxygen atoms in total. The average molecular weight is 413 g/mol. The molecule has 0 aromatic carbocycles. The van der Waals surface area contributed by atoms with Crippen LogP contribution in [0, 0.1) is 12.3 Å². The molecule has 4 rings (SSSR count). The number of carbonyl (C=O) groups is 1. The number of rotatable bonds is 3. The van der Waals surface area contributed by atoms with E-state index in [0.29, 0.717) is 19.6 Å². The summed E-state index contributed by atoms with van der Waals surface area (Å²) in [6, 6.07) is 0.374. The van der Waals surface area contributed by atoms with Crippen LogP contribution >= 0.6 is 11.3 Å². The van der Waals surface area contributed by atoms with Crippen molar-refractivity contribution in [3.63, 3.8) is 0 Å². The molecule has 3 aliphatic heterocycles. The predicted octanol–water partition coefficient (Wildman–Crippen LogP) is 1.30. The van der Waals surface area contributed by atoms with Crippen molar-refractivity contribution in [2.75, 3.05) is 32.4 Å². The second kappa shape index (κ2) is 6.79. The minimum absolute atomic E-state index is 0.103. The van der Waals surface area contributed by atoms with Gasteiger partial charge >= 0.3 is 0 Å². The highest BCUT2D eigenvalue weighted by molar-refractivity contribution is 7.88. The van der Waals surface area contributed by atoms with E-state index in [1.807, 2.05) is 11.8 Å². The Morgan fingerprint density at radius 1 is 1.37 bits per heavy atom. The first kappa shape index (κ1) is 19.3. The van der Waals surface area contributed by atoms with Crippen LogP contribution in [0.4, 0.5) is 0 Å². The number of hydrogen-bond acceptors (Lipinski definition) is 6. The molecule has 3 fully saturated rings. The molecule has 27 heavy (non-hydrogen) atoms. The zero-order valence-corrected chi connectivity index (χ0v) is 17.9. The first-order chi connectivity index (χ1) is 12.7. The summed E-state index contributed by atoms with van der Waals surface area (Å²) in [5.74, 6) is 0.103. The van der Waals surface area contributed by atoms with Gasteiger partial charge in [0, 0.05) is 56.0 Å². The molecule has 9 heteroatoms. The molecule has 1 spiro atoms. The number of sulfonamides is 1. The summed E-state index contributed by atoms with van der Waals surface area (Å²) in [4.78, 5) is 21.5. The van der Waals surface area contributed by atoms with E-state index < -0.39 is 10.0 Å². The SMILES string of the molecule is CC(=O)N1C[C@]2(CCN(S(C)(=O)=O)C2)[C@H]2[C@H]1CCCN2Cc1csc(C)n1. The third-order valence-corrected chi connectivity index (χ3v) is 8.54. The highest BCUT2D eigenvalue weighted by atomic mass is 32.2. The van der Waals surface area contributed by atoms with Gasteiger partial charge in [0.15, 0.2) is 0 Å². The van der Waals surface area contributed by atoms with E-state index >= 15 is 0 Å². The van der Waals surface area contributed by atoms with Gasteiger partial charge in [-0.2, -0.15) is 0 Å². The van der Waals surface area contributed by atoms with Crippen LogP contribution in [0.2, 0.25) is 0 Å². The predicted molar refractivity (Wildman–Crippen MR) is 105 cm³/mol. The number of piperidine rings is 1. The van der Waals surface area contributed by atoms with Gasteiger partial charge in [-0.1, -0.05) is 0 Å². The molecule has 0 bridgehead atoms. The monoisotopic (exact) mass is 412 g/mol. The molecular formula is C18H28N4O3S2. The van der Waals surface area contributed by atoms with Crippen LogP contribution in [0.1, 0.15) is 36.9 Å². The lowest BCUT2D eigenvalue weighted by Crippen LogP contribution is -2.55. The Morgan fingerprint density at radius 2 is 2.15 bits per heavy atom. The van der Waals surface area contributed by atoms with Crippen molar-refractivity contribution in [3.05, 3.63) is 16.1 Å². The standard InChI is InChI=1S/C18H28N4O3S2/c1-13-19-15(10-26-13)9-20-7-4-5-16-17(20)18(12-22(16)14(2)23)6-8-21(11-18)27(3,24)25/h10,16-17H,4-9,11-12H2,1-3H3/t16-,17-,18-/m1/s1. The number of hydrogen-bond donors (Lipinski definition) is 0. The van der Waals surface area contributed by atoms with Gasteiger partial charge in [0.2, 0.25) is 15.9 Å². The van der Waals surface area contributed by atoms with Crippen LogP contribution in [-0.2, 0) is 21.4 Å². The summed E-state index contributed by atoms with van der Waals surface area (Å²) in [6.07, 6.45) is 4.16. The van der Waals surface area contributed by atoms with E-state index in [1.165, 1.54) is 6.26 Å². The third kappa shape index (κ3) is 3.43. The molecule has 1 aromatic rings. The van der Waals surface area contributed by atoms with Crippen molar-refractivity contribution in [2.45, 2.75) is 51.7 Å². The number of amides is 1. The fraction of sp³-hybridized carbons (Fsp3) is 0.778. The largest absolute Gasteiger partial charge is 0.338 e. The lowest BCUT2D eigenvalue weighted by atomic mass is 9.76. The number of fused-ring (bicyclic) bond motifs is 2. The van der Waals surface area contributed by atoms with Crippen molar-refractivity contribution in [1.82, 2.24) is 19.1 Å². The van der Waals surface area contributed by atoms with Gasteiger partial charge in [0.05, 0.1) is 17.0 Å². The molecule has 3 atom stereocenters. The molecule has 0 aliphatic carbocycles. The zero-order valence-electron chi connectivity index (χ0n) is 16.2. The van der Waals surface area contributed by atoms with Crippen molar-refractivity contribution in [3.8, 4) is 0 Å². The van der Waals surface area contributed by atoms with Crippen molar-refractivity contribution in [1.29, 1.82) is 0 Å². The fourth-order valence-corrected chi connectivity index (χ4v) is 6.96. The Hall–Kier alpha value is -1.03. The summed E-state index contributed by atoms with van der Waals surface area (Å²) in [5.41, 5.74) is 0.901. The van der Waals surface area contributed by atoms with Crippen LogP contribution in [-0.4, -0.2) is 77.9 Å². The molecule has 3 aliphatic rings. The topological polar surface area (TPSA) is 73.8 Å². The highest BCUT2D eigenvalue weighted by Gasteiger charge is 2.59. The quantitative estimate of drug-likeness (QED) is 0.748. The molecular weight excluding hydrogens is 384 g/mol. The molecule has 1 amide bonds. The smallest absolute Gasteiger partial charge is 0.219 e. The first-order valence-electron chi connectivity index (χ1n) is 9.57. The molecule has 1 aromatic heterocycles. The van der Waals surface area contributed by atoms with Crippen molar-refractivity contribution >= 4 is 27.3 Å². The van der Waals surface area contributed by atoms with E-state index in [4.69, 9.17) is 0 Å². The van der Waals surface area contributed by atoms with E-state index in [0.717, 1.165) is 43.1 Å². The second-order valence-corrected chi connectivity index (χ2v) is 11.4. The van der Waals surface area contributed by atoms with Crippen LogP contribution in [0.15, 0.2) is 5.38 Å². The van der Waals surface area contributed by atoms with E-state index in [9.17, 15) is 13.2 Å². The summed E-state index contributed by atoms with van der Waals surface area (Å²) in [5, 5.41) is 3.18. The zero-order chi connectivity index (χ0) is 19.4. The Bertz CT molecular complexity index is 839. The Morgan fingerprint density at radius 3 is 2.74 bits per heavy atom. The lowest BCUT2D eigenvalue weighted by molar-refractivity contribution is -0.130. The molecule has 3 saturated heterocycles. The van der Waals surface area contributed by atoms with E-state index in [-0.39, 0.29) is 23.4 Å². The molecule has 0 saturated carbocycles. The van der Waals surface area contributed by atoms with Gasteiger partial charge < -0.3 is 4.90 Å². The maximum absolute atomic E-state index is 12.4. The van der Waals surface area contributed by atoms with Gasteiger partial charge in [0.25, 0.3) is 0 Å². The third-order valence-electron chi connectivity index (χ3n) is 6.47. The van der Waals surface area contributed by atoms with Crippen molar-refractivity contribution < 1.29 is 13.2 Å². The molecule has 0 unspecified atom stereocenters. The Labute approximate surface area is 165 Å². The lowest BCUT2D eigenvalue weighted by Gasteiger charge is -2.44. The van der Waals surface area contributed by atoms with Gasteiger partial charge in [-0.15, -0.1) is 11.3 Å². The maximum atomic E-state index is 12.4. The second-order valence-electron chi connectivity index (χ2n) is 8.34. The Balaban J connectivity index is 1.66. The number of thiazole rings is 1. The number of carbonyl (C=O) groups excluding carboxylic acids is 1. The fourth-order valence-electron chi connectivity index (χ4n) is 5.44. The van der Waals surface area contributed by atoms with Gasteiger partial charge in [0.1, 0.15) is 0 Å². The van der Waals surface area contributed by atoms with Crippen LogP contribution in [0.25, 0.3) is 0 Å². The van der Waals surface area contributed by atoms with E-state index in [2.05, 4.69) is 15.3 Å². The minimum Gasteiger partial charge on any atom is -0.338 e. The minimum atomic E-state index is -3.21. The summed E-state index contributed by atoms with van der Waals surface area (Å²) in [7, 11) is -3.21. The van der Waals surface area contributed by atoms with Crippen LogP contribution < -0.4 is 0 Å². The van der Waals surface area contributed by atoms with Gasteiger partial charge in [-0.25, -0.2) is 17.7 Å². The average Bonchev–Trinajstić information content (AvgIpc) is 3.27. The Kier molecular flexibility index (Phi) is 4.85. The number of aryl methyl sites for hydroxylation is 1. The van der Waals surface area contributed by atoms with Gasteiger partial charge in [-0.05, 0) is 32.7 Å².